The summed E-state index contributed by atoms with van der Waals surface area (Å²) in [5.41, 5.74) is 1.47. The first-order valence-electron chi connectivity index (χ1n) is 18.4. The summed E-state index contributed by atoms with van der Waals surface area (Å²) in [5, 5.41) is 16.8. The molecule has 0 bridgehead atoms. The van der Waals surface area contributed by atoms with Gasteiger partial charge in [-0.25, -0.2) is 9.78 Å². The molecule has 0 saturated heterocycles. The quantitative estimate of drug-likeness (QED) is 0.0505. The van der Waals surface area contributed by atoms with Gasteiger partial charge in [-0.2, -0.15) is 0 Å². The fourth-order valence-corrected chi connectivity index (χ4v) is 6.38. The number of allylic oxidation sites excluding steroid dienone is 3. The lowest BCUT2D eigenvalue weighted by Gasteiger charge is -2.22. The van der Waals surface area contributed by atoms with Crippen molar-refractivity contribution in [3.05, 3.63) is 23.8 Å². The van der Waals surface area contributed by atoms with Crippen molar-refractivity contribution in [3.63, 3.8) is 0 Å². The minimum atomic E-state index is 0.454. The molecule has 0 spiro atoms. The van der Waals surface area contributed by atoms with Gasteiger partial charge in [0.15, 0.2) is 0 Å². The molecule has 250 valence electrons. The molecule has 0 aromatic carbocycles. The first kappa shape index (κ1) is 41.3. The second kappa shape index (κ2) is 31.7. The van der Waals surface area contributed by atoms with Gasteiger partial charge in [0, 0.05) is 5.92 Å². The highest BCUT2D eigenvalue weighted by atomic mass is 17.1. The zero-order valence-corrected chi connectivity index (χ0v) is 28.9. The molecule has 4 nitrogen and oxygen atoms in total. The van der Waals surface area contributed by atoms with Crippen LogP contribution in [0.2, 0.25) is 0 Å². The van der Waals surface area contributed by atoms with Crippen molar-refractivity contribution >= 4 is 0 Å². The molecule has 42 heavy (non-hydrogen) atoms. The summed E-state index contributed by atoms with van der Waals surface area (Å²) in [5.74, 6) is 2.78. The van der Waals surface area contributed by atoms with Crippen LogP contribution in [0.3, 0.4) is 0 Å². The Hall–Kier alpha value is -0.680. The Morgan fingerprint density at radius 1 is 0.690 bits per heavy atom. The van der Waals surface area contributed by atoms with Crippen LogP contribution < -0.4 is 0 Å². The summed E-state index contributed by atoms with van der Waals surface area (Å²) in [6, 6.07) is 0. The van der Waals surface area contributed by atoms with Crippen molar-refractivity contribution in [1.82, 2.24) is 0 Å². The highest BCUT2D eigenvalue weighted by Crippen LogP contribution is 2.28. The lowest BCUT2D eigenvalue weighted by molar-refractivity contribution is -0.249. The van der Waals surface area contributed by atoms with Crippen molar-refractivity contribution in [2.75, 3.05) is 13.2 Å². The average molecular weight is 595 g/mol. The number of rotatable bonds is 24. The fraction of sp³-hybridized carbons (Fsp3) is 0.895. The molecule has 0 heterocycles. The Labute approximate surface area is 263 Å². The third-order valence-corrected chi connectivity index (χ3v) is 9.41. The zero-order chi connectivity index (χ0) is 31.1. The minimum absolute atomic E-state index is 0.454. The largest absolute Gasteiger partial charge is 0.252 e. The van der Waals surface area contributed by atoms with Gasteiger partial charge in [0.1, 0.15) is 0 Å². The van der Waals surface area contributed by atoms with Crippen molar-refractivity contribution in [2.24, 2.45) is 23.7 Å². The van der Waals surface area contributed by atoms with E-state index in [1.54, 1.807) is 0 Å². The molecule has 4 atom stereocenters. The lowest BCUT2D eigenvalue weighted by atomic mass is 9.84. The van der Waals surface area contributed by atoms with E-state index in [2.05, 4.69) is 62.6 Å². The van der Waals surface area contributed by atoms with E-state index in [0.717, 1.165) is 18.3 Å². The van der Waals surface area contributed by atoms with E-state index in [0.29, 0.717) is 25.0 Å². The molecule has 0 aromatic rings. The molecule has 1 rings (SSSR count). The van der Waals surface area contributed by atoms with Gasteiger partial charge in [0.25, 0.3) is 0 Å². The summed E-state index contributed by atoms with van der Waals surface area (Å²) < 4.78 is 0. The van der Waals surface area contributed by atoms with Crippen LogP contribution in [0.1, 0.15) is 182 Å². The van der Waals surface area contributed by atoms with Crippen LogP contribution in [-0.4, -0.2) is 23.7 Å². The standard InChI is InChI=1S/C27H54O2.C11H20O2/c1-5-7-9-16-20-26(4)27(21-17-10-8-6-2)23-22-25(3)19-15-13-11-12-14-18-24-29-28;1-2-10-7-5-3-4-6-8-11(10)9-13-12/h22-23,25-28H,5-21,24H2,1-4H3;2,11-12H,3-9H2,1H3/b23-22-;10-2+. The van der Waals surface area contributed by atoms with Gasteiger partial charge in [-0.15, -0.1) is 0 Å². The summed E-state index contributed by atoms with van der Waals surface area (Å²) in [6.07, 6.45) is 37.5. The fourth-order valence-electron chi connectivity index (χ4n) is 6.38. The van der Waals surface area contributed by atoms with Crippen molar-refractivity contribution in [1.29, 1.82) is 0 Å². The van der Waals surface area contributed by atoms with Gasteiger partial charge in [-0.05, 0) is 63.2 Å². The van der Waals surface area contributed by atoms with Gasteiger partial charge in [0.05, 0.1) is 13.2 Å². The van der Waals surface area contributed by atoms with E-state index in [1.807, 2.05) is 0 Å². The maximum atomic E-state index is 8.47. The summed E-state index contributed by atoms with van der Waals surface area (Å²) in [7, 11) is 0. The monoisotopic (exact) mass is 595 g/mol. The minimum Gasteiger partial charge on any atom is -0.252 e. The van der Waals surface area contributed by atoms with Crippen LogP contribution in [0.15, 0.2) is 23.8 Å². The van der Waals surface area contributed by atoms with Gasteiger partial charge in [-0.3, -0.25) is 10.5 Å². The normalized spacial score (nSPS) is 19.2. The topological polar surface area (TPSA) is 58.9 Å². The van der Waals surface area contributed by atoms with E-state index in [-0.39, 0.29) is 0 Å². The molecule has 1 saturated carbocycles. The van der Waals surface area contributed by atoms with Crippen LogP contribution in [0.5, 0.6) is 0 Å². The molecular weight excluding hydrogens is 520 g/mol. The van der Waals surface area contributed by atoms with E-state index in [1.165, 1.54) is 147 Å². The van der Waals surface area contributed by atoms with Crippen LogP contribution in [0, 0.1) is 23.7 Å². The van der Waals surface area contributed by atoms with Gasteiger partial charge < -0.3 is 0 Å². The molecule has 4 heteroatoms. The summed E-state index contributed by atoms with van der Waals surface area (Å²) in [4.78, 5) is 8.39. The molecule has 1 fully saturated rings. The van der Waals surface area contributed by atoms with Crippen LogP contribution in [-0.2, 0) is 9.78 Å². The Morgan fingerprint density at radius 2 is 1.29 bits per heavy atom. The molecule has 4 unspecified atom stereocenters. The first-order valence-corrected chi connectivity index (χ1v) is 18.4. The number of hydrogen-bond donors (Lipinski definition) is 2. The molecular formula is C38H74O4. The first-order chi connectivity index (χ1) is 20.5. The molecule has 1 aliphatic carbocycles. The maximum absolute atomic E-state index is 8.47. The Balaban J connectivity index is 0.00000107. The Kier molecular flexibility index (Phi) is 31.2. The average Bonchev–Trinajstić information content (AvgIpc) is 2.98. The summed E-state index contributed by atoms with van der Waals surface area (Å²) >= 11 is 0. The predicted molar refractivity (Wildman–Crippen MR) is 183 cm³/mol. The number of hydrogen-bond acceptors (Lipinski definition) is 4. The molecule has 1 aliphatic rings. The van der Waals surface area contributed by atoms with Crippen LogP contribution in [0.4, 0.5) is 0 Å². The van der Waals surface area contributed by atoms with E-state index in [4.69, 9.17) is 10.5 Å². The van der Waals surface area contributed by atoms with Crippen LogP contribution in [0.25, 0.3) is 0 Å². The number of unbranched alkanes of at least 4 members (excludes halogenated alkanes) is 11. The van der Waals surface area contributed by atoms with E-state index in [9.17, 15) is 0 Å². The second-order valence-electron chi connectivity index (χ2n) is 13.3. The summed E-state index contributed by atoms with van der Waals surface area (Å²) in [6.45, 7) is 12.5. The van der Waals surface area contributed by atoms with Gasteiger partial charge in [-0.1, -0.05) is 161 Å². The Bertz CT molecular complexity index is 602. The van der Waals surface area contributed by atoms with E-state index < -0.39 is 0 Å². The van der Waals surface area contributed by atoms with Crippen LogP contribution >= 0.6 is 0 Å². The maximum Gasteiger partial charge on any atom is 0.0884 e. The third kappa shape index (κ3) is 24.7. The van der Waals surface area contributed by atoms with Gasteiger partial charge >= 0.3 is 0 Å². The van der Waals surface area contributed by atoms with E-state index >= 15 is 0 Å². The molecule has 2 N–H and O–H groups in total. The molecule has 0 radical (unpaired) electrons. The van der Waals surface area contributed by atoms with Crippen molar-refractivity contribution in [3.8, 4) is 0 Å². The van der Waals surface area contributed by atoms with Crippen molar-refractivity contribution < 1.29 is 20.3 Å². The second-order valence-corrected chi connectivity index (χ2v) is 13.3. The zero-order valence-electron chi connectivity index (χ0n) is 28.9. The highest BCUT2D eigenvalue weighted by molar-refractivity contribution is 5.06. The Morgan fingerprint density at radius 3 is 1.93 bits per heavy atom. The molecule has 0 aromatic heterocycles. The molecule has 0 aliphatic heterocycles. The van der Waals surface area contributed by atoms with Crippen molar-refractivity contribution in [2.45, 2.75) is 182 Å². The van der Waals surface area contributed by atoms with Gasteiger partial charge in [0.2, 0.25) is 0 Å². The third-order valence-electron chi connectivity index (χ3n) is 9.41. The predicted octanol–water partition coefficient (Wildman–Crippen LogP) is 13.0. The molecule has 0 amide bonds. The highest BCUT2D eigenvalue weighted by Gasteiger charge is 2.16. The smallest absolute Gasteiger partial charge is 0.0884 e. The lowest BCUT2D eigenvalue weighted by Crippen LogP contribution is -2.13. The SMILES string of the molecule is C/C=C1\CCCCCCC1COO.CCCCCCC(C)C(/C=C\C(C)CCCCCCCCOO)CCCCCC.